The number of rotatable bonds is 5. The molecule has 1 amide bonds. The van der Waals surface area contributed by atoms with E-state index in [-0.39, 0.29) is 22.6 Å². The summed E-state index contributed by atoms with van der Waals surface area (Å²) < 4.78 is 34.9. The molecule has 0 saturated carbocycles. The highest BCUT2D eigenvalue weighted by Gasteiger charge is 2.24. The number of benzene rings is 1. The van der Waals surface area contributed by atoms with Gasteiger partial charge in [-0.2, -0.15) is 13.2 Å². The van der Waals surface area contributed by atoms with E-state index in [1.54, 1.807) is 25.1 Å². The molecule has 0 saturated heterocycles. The Labute approximate surface area is 151 Å². The highest BCUT2D eigenvalue weighted by atomic mass is 35.5. The Morgan fingerprint density at radius 3 is 2.80 bits per heavy atom. The number of ether oxygens (including phenoxy) is 1. The Bertz CT molecular complexity index is 902. The van der Waals surface area contributed by atoms with Crippen molar-refractivity contribution >= 4 is 44.9 Å². The summed E-state index contributed by atoms with van der Waals surface area (Å²) in [4.78, 5) is 18.1. The van der Waals surface area contributed by atoms with Crippen LogP contribution in [0.3, 0.4) is 0 Å². The summed E-state index contributed by atoms with van der Waals surface area (Å²) in [5.41, 5.74) is 0.319. The van der Waals surface area contributed by atoms with Crippen LogP contribution in [0.25, 0.3) is 10.1 Å². The van der Waals surface area contributed by atoms with Gasteiger partial charge < -0.3 is 4.74 Å². The quantitative estimate of drug-likeness (QED) is 0.603. The lowest BCUT2D eigenvalue weighted by Crippen LogP contribution is -2.31. The Balaban J connectivity index is 2.06. The van der Waals surface area contributed by atoms with Crippen molar-refractivity contribution in [2.75, 3.05) is 11.4 Å². The molecule has 0 unspecified atom stereocenters. The van der Waals surface area contributed by atoms with Crippen molar-refractivity contribution in [3.8, 4) is 5.75 Å². The minimum atomic E-state index is -2.97. The van der Waals surface area contributed by atoms with Gasteiger partial charge in [-0.25, -0.2) is 4.98 Å². The van der Waals surface area contributed by atoms with Crippen LogP contribution in [0.15, 0.2) is 36.5 Å². The molecule has 0 aliphatic heterocycles. The fraction of sp³-hybridized carbons (Fsp3) is 0.188. The summed E-state index contributed by atoms with van der Waals surface area (Å²) in [6, 6.07) is 7.81. The van der Waals surface area contributed by atoms with Crippen LogP contribution in [-0.2, 0) is 0 Å². The Kier molecular flexibility index (Phi) is 5.10. The molecule has 0 atom stereocenters. The molecule has 0 aliphatic carbocycles. The Morgan fingerprint density at radius 2 is 2.16 bits per heavy atom. The highest BCUT2D eigenvalue weighted by molar-refractivity contribution is 7.13. The standard InChI is InChI=1S/C16H12ClF2N3O2S/c1-2-22(15(23)9-6-7-12(17)20-8-9)14-13-10(24-16(18)19)4-3-5-11(13)25-21-14/h3-8,16H,2H2,1H3. The van der Waals surface area contributed by atoms with E-state index in [9.17, 15) is 13.6 Å². The molecule has 2 heterocycles. The summed E-state index contributed by atoms with van der Waals surface area (Å²) in [7, 11) is 0. The van der Waals surface area contributed by atoms with E-state index in [1.807, 2.05) is 0 Å². The molecule has 0 fully saturated rings. The predicted molar refractivity (Wildman–Crippen MR) is 92.8 cm³/mol. The SMILES string of the molecule is CCN(C(=O)c1ccc(Cl)nc1)c1nsc2cccc(OC(F)F)c12. The van der Waals surface area contributed by atoms with Gasteiger partial charge in [0.05, 0.1) is 15.6 Å². The number of halogens is 3. The first-order valence-corrected chi connectivity index (χ1v) is 8.43. The minimum absolute atomic E-state index is 0.0169. The number of aromatic nitrogens is 2. The third-order valence-electron chi connectivity index (χ3n) is 3.45. The minimum Gasteiger partial charge on any atom is -0.434 e. The van der Waals surface area contributed by atoms with Crippen LogP contribution in [0.5, 0.6) is 5.75 Å². The fourth-order valence-corrected chi connectivity index (χ4v) is 3.28. The van der Waals surface area contributed by atoms with Gasteiger partial charge in [-0.1, -0.05) is 17.7 Å². The van der Waals surface area contributed by atoms with Crippen LogP contribution in [0.1, 0.15) is 17.3 Å². The summed E-state index contributed by atoms with van der Waals surface area (Å²) in [5, 5.41) is 0.649. The average molecular weight is 384 g/mol. The van der Waals surface area contributed by atoms with Crippen molar-refractivity contribution < 1.29 is 18.3 Å². The third kappa shape index (κ3) is 3.54. The molecule has 0 radical (unpaired) electrons. The van der Waals surface area contributed by atoms with E-state index < -0.39 is 6.61 Å². The van der Waals surface area contributed by atoms with E-state index in [2.05, 4.69) is 14.1 Å². The summed E-state index contributed by atoms with van der Waals surface area (Å²) >= 11 is 6.85. The summed E-state index contributed by atoms with van der Waals surface area (Å²) in [6.45, 7) is -0.906. The van der Waals surface area contributed by atoms with Crippen LogP contribution >= 0.6 is 23.1 Å². The number of fused-ring (bicyclic) bond motifs is 1. The van der Waals surface area contributed by atoms with Gasteiger partial charge in [0, 0.05) is 12.7 Å². The van der Waals surface area contributed by atoms with E-state index in [0.29, 0.717) is 22.2 Å². The second-order valence-corrected chi connectivity index (χ2v) is 6.13. The molecule has 0 N–H and O–H groups in total. The molecular formula is C16H12ClF2N3O2S. The molecule has 0 bridgehead atoms. The van der Waals surface area contributed by atoms with Gasteiger partial charge in [0.2, 0.25) is 0 Å². The lowest BCUT2D eigenvalue weighted by Gasteiger charge is -2.19. The largest absolute Gasteiger partial charge is 0.434 e. The third-order valence-corrected chi connectivity index (χ3v) is 4.47. The highest BCUT2D eigenvalue weighted by Crippen LogP contribution is 2.37. The first kappa shape index (κ1) is 17.5. The van der Waals surface area contributed by atoms with E-state index in [4.69, 9.17) is 11.6 Å². The molecule has 3 rings (SSSR count). The molecule has 3 aromatic rings. The first-order valence-electron chi connectivity index (χ1n) is 7.28. The Morgan fingerprint density at radius 1 is 1.36 bits per heavy atom. The van der Waals surface area contributed by atoms with Gasteiger partial charge in [-0.15, -0.1) is 0 Å². The zero-order valence-electron chi connectivity index (χ0n) is 12.9. The number of alkyl halides is 2. The topological polar surface area (TPSA) is 55.3 Å². The number of amides is 1. The van der Waals surface area contributed by atoms with Gasteiger partial charge >= 0.3 is 6.61 Å². The summed E-state index contributed by atoms with van der Waals surface area (Å²) in [6.07, 6.45) is 1.36. The monoisotopic (exact) mass is 383 g/mol. The average Bonchev–Trinajstić information content (AvgIpc) is 3.01. The Hall–Kier alpha value is -2.32. The van der Waals surface area contributed by atoms with Crippen LogP contribution in [0, 0.1) is 0 Å². The van der Waals surface area contributed by atoms with Gasteiger partial charge in [0.25, 0.3) is 5.91 Å². The number of anilines is 1. The van der Waals surface area contributed by atoms with Crippen molar-refractivity contribution in [1.82, 2.24) is 9.36 Å². The van der Waals surface area contributed by atoms with Gasteiger partial charge in [-0.3, -0.25) is 9.69 Å². The number of hydrogen-bond acceptors (Lipinski definition) is 5. The van der Waals surface area contributed by atoms with Crippen molar-refractivity contribution in [3.05, 3.63) is 47.2 Å². The maximum atomic E-state index is 12.8. The van der Waals surface area contributed by atoms with Gasteiger partial charge in [0.1, 0.15) is 10.9 Å². The number of carbonyl (C=O) groups excluding carboxylic acids is 1. The van der Waals surface area contributed by atoms with E-state index >= 15 is 0 Å². The van der Waals surface area contributed by atoms with Crippen LogP contribution in [0.2, 0.25) is 5.15 Å². The predicted octanol–water partition coefficient (Wildman–Crippen LogP) is 4.61. The van der Waals surface area contributed by atoms with E-state index in [1.165, 1.54) is 23.2 Å². The second kappa shape index (κ2) is 7.28. The number of carbonyl (C=O) groups is 1. The maximum Gasteiger partial charge on any atom is 0.387 e. The lowest BCUT2D eigenvalue weighted by atomic mass is 10.2. The molecule has 9 heteroatoms. The van der Waals surface area contributed by atoms with Gasteiger partial charge in [0.15, 0.2) is 5.82 Å². The molecular weight excluding hydrogens is 372 g/mol. The molecule has 25 heavy (non-hydrogen) atoms. The molecule has 0 aliphatic rings. The molecule has 0 spiro atoms. The second-order valence-electron chi connectivity index (χ2n) is 4.93. The van der Waals surface area contributed by atoms with Crippen molar-refractivity contribution in [1.29, 1.82) is 0 Å². The number of pyridine rings is 1. The number of hydrogen-bond donors (Lipinski definition) is 0. The lowest BCUT2D eigenvalue weighted by molar-refractivity contribution is -0.0487. The smallest absolute Gasteiger partial charge is 0.387 e. The fourth-order valence-electron chi connectivity index (χ4n) is 2.37. The molecule has 1 aromatic carbocycles. The maximum absolute atomic E-state index is 12.8. The number of nitrogens with zero attached hydrogens (tertiary/aromatic N) is 3. The first-order chi connectivity index (χ1) is 12.0. The van der Waals surface area contributed by atoms with Crippen molar-refractivity contribution in [2.45, 2.75) is 13.5 Å². The normalized spacial score (nSPS) is 11.1. The molecule has 130 valence electrons. The summed E-state index contributed by atoms with van der Waals surface area (Å²) in [5.74, 6) is -0.0962. The zero-order valence-corrected chi connectivity index (χ0v) is 14.5. The van der Waals surface area contributed by atoms with Crippen molar-refractivity contribution in [3.63, 3.8) is 0 Å². The van der Waals surface area contributed by atoms with Crippen LogP contribution in [-0.4, -0.2) is 28.4 Å². The van der Waals surface area contributed by atoms with E-state index in [0.717, 1.165) is 11.5 Å². The molecule has 5 nitrogen and oxygen atoms in total. The van der Waals surface area contributed by atoms with Gasteiger partial charge in [-0.05, 0) is 42.7 Å². The molecule has 2 aromatic heterocycles. The zero-order chi connectivity index (χ0) is 18.0. The van der Waals surface area contributed by atoms with Crippen molar-refractivity contribution in [2.24, 2.45) is 0 Å². The van der Waals surface area contributed by atoms with Crippen LogP contribution in [0.4, 0.5) is 14.6 Å². The van der Waals surface area contributed by atoms with Crippen LogP contribution < -0.4 is 9.64 Å².